The number of aromatic amines is 1. The molecule has 5 nitrogen and oxygen atoms in total. The fourth-order valence-electron chi connectivity index (χ4n) is 2.20. The molecule has 0 fully saturated rings. The fraction of sp³-hybridized carbons (Fsp3) is 0. The van der Waals surface area contributed by atoms with Gasteiger partial charge in [0.1, 0.15) is 17.1 Å². The lowest BCUT2D eigenvalue weighted by Gasteiger charge is -2.00. The van der Waals surface area contributed by atoms with Crippen LogP contribution in [0.25, 0.3) is 27.8 Å². The number of nitrogens with one attached hydrogen (secondary N) is 1. The molecule has 92 valence electrons. The summed E-state index contributed by atoms with van der Waals surface area (Å²) in [5.41, 5.74) is 3.72. The molecular formula is C13H8ClN5. The van der Waals surface area contributed by atoms with Crippen molar-refractivity contribution >= 4 is 28.3 Å². The normalized spacial score (nSPS) is 11.4. The van der Waals surface area contributed by atoms with Gasteiger partial charge in [-0.2, -0.15) is 5.10 Å². The molecule has 0 aliphatic carbocycles. The van der Waals surface area contributed by atoms with Gasteiger partial charge in [-0.3, -0.25) is 0 Å². The van der Waals surface area contributed by atoms with E-state index in [0.717, 1.165) is 27.8 Å². The highest BCUT2D eigenvalue weighted by atomic mass is 35.5. The molecule has 6 heteroatoms. The average molecular weight is 270 g/mol. The molecule has 19 heavy (non-hydrogen) atoms. The van der Waals surface area contributed by atoms with Gasteiger partial charge >= 0.3 is 0 Å². The molecule has 0 aromatic carbocycles. The molecule has 0 saturated carbocycles. The smallest absolute Gasteiger partial charge is 0.155 e. The lowest BCUT2D eigenvalue weighted by molar-refractivity contribution is 0.963. The Hall–Kier alpha value is -2.40. The van der Waals surface area contributed by atoms with Gasteiger partial charge in [-0.25, -0.2) is 14.5 Å². The number of rotatable bonds is 1. The van der Waals surface area contributed by atoms with Crippen LogP contribution in [0.2, 0.25) is 5.15 Å². The molecule has 0 bridgehead atoms. The highest BCUT2D eigenvalue weighted by Gasteiger charge is 2.08. The van der Waals surface area contributed by atoms with Crippen molar-refractivity contribution in [1.29, 1.82) is 0 Å². The third kappa shape index (κ3) is 1.59. The molecule has 1 N–H and O–H groups in total. The first kappa shape index (κ1) is 10.5. The van der Waals surface area contributed by atoms with Crippen LogP contribution in [0.15, 0.2) is 43.0 Å². The standard InChI is InChI=1S/C13H8ClN5/c14-11-3-2-9-10(5-15-13(9)18-11)8-1-4-12-16-7-17-19(12)6-8/h1-7H,(H,15,18). The first-order valence-corrected chi connectivity index (χ1v) is 6.12. The maximum Gasteiger partial charge on any atom is 0.155 e. The van der Waals surface area contributed by atoms with E-state index in [4.69, 9.17) is 11.6 Å². The minimum atomic E-state index is 0.479. The SMILES string of the molecule is Clc1ccc2c(-c3ccc4ncnn4c3)c[nH]c2n1. The summed E-state index contributed by atoms with van der Waals surface area (Å²) in [6.07, 6.45) is 5.40. The summed E-state index contributed by atoms with van der Waals surface area (Å²) < 4.78 is 1.75. The van der Waals surface area contributed by atoms with Gasteiger partial charge < -0.3 is 4.98 Å². The second kappa shape index (κ2) is 3.80. The third-order valence-electron chi connectivity index (χ3n) is 3.09. The van der Waals surface area contributed by atoms with Gasteiger partial charge in [-0.15, -0.1) is 0 Å². The first-order chi connectivity index (χ1) is 9.31. The van der Waals surface area contributed by atoms with Crippen LogP contribution < -0.4 is 0 Å². The zero-order valence-electron chi connectivity index (χ0n) is 9.71. The van der Waals surface area contributed by atoms with Crippen molar-refractivity contribution in [3.05, 3.63) is 48.1 Å². The summed E-state index contributed by atoms with van der Waals surface area (Å²) >= 11 is 5.88. The van der Waals surface area contributed by atoms with Gasteiger partial charge in [0, 0.05) is 28.9 Å². The molecule has 0 radical (unpaired) electrons. The molecule has 4 rings (SSSR count). The molecule has 4 aromatic rings. The highest BCUT2D eigenvalue weighted by Crippen LogP contribution is 2.28. The maximum atomic E-state index is 5.88. The van der Waals surface area contributed by atoms with Crippen molar-refractivity contribution in [3.63, 3.8) is 0 Å². The van der Waals surface area contributed by atoms with Gasteiger partial charge in [-0.1, -0.05) is 11.6 Å². The molecule has 0 amide bonds. The number of halogens is 1. The van der Waals surface area contributed by atoms with Crippen molar-refractivity contribution < 1.29 is 0 Å². The fourth-order valence-corrected chi connectivity index (χ4v) is 2.34. The van der Waals surface area contributed by atoms with E-state index in [1.807, 2.05) is 30.6 Å². The Labute approximate surface area is 112 Å². The van der Waals surface area contributed by atoms with Crippen LogP contribution in [-0.4, -0.2) is 24.6 Å². The van der Waals surface area contributed by atoms with Crippen LogP contribution in [0.1, 0.15) is 0 Å². The summed E-state index contributed by atoms with van der Waals surface area (Å²) in [6, 6.07) is 7.70. The van der Waals surface area contributed by atoms with E-state index >= 15 is 0 Å². The zero-order chi connectivity index (χ0) is 12.8. The molecule has 0 saturated heterocycles. The number of fused-ring (bicyclic) bond motifs is 2. The molecule has 4 heterocycles. The largest absolute Gasteiger partial charge is 0.345 e. The number of H-pyrrole nitrogens is 1. The molecule has 0 atom stereocenters. The third-order valence-corrected chi connectivity index (χ3v) is 3.30. The predicted molar refractivity (Wildman–Crippen MR) is 73.1 cm³/mol. The van der Waals surface area contributed by atoms with Gasteiger partial charge in [0.05, 0.1) is 0 Å². The quantitative estimate of drug-likeness (QED) is 0.541. The number of hydrogen-bond donors (Lipinski definition) is 1. The summed E-state index contributed by atoms with van der Waals surface area (Å²) in [6.45, 7) is 0. The van der Waals surface area contributed by atoms with E-state index in [2.05, 4.69) is 20.1 Å². The van der Waals surface area contributed by atoms with E-state index in [1.54, 1.807) is 10.6 Å². The predicted octanol–water partition coefficient (Wildman–Crippen LogP) is 2.93. The van der Waals surface area contributed by atoms with E-state index < -0.39 is 0 Å². The Kier molecular flexibility index (Phi) is 2.10. The van der Waals surface area contributed by atoms with Crippen molar-refractivity contribution in [2.24, 2.45) is 0 Å². The average Bonchev–Trinajstić information content (AvgIpc) is 3.02. The minimum Gasteiger partial charge on any atom is -0.345 e. The maximum absolute atomic E-state index is 5.88. The van der Waals surface area contributed by atoms with Crippen molar-refractivity contribution in [2.75, 3.05) is 0 Å². The minimum absolute atomic E-state index is 0.479. The molecule has 0 unspecified atom stereocenters. The van der Waals surface area contributed by atoms with Gasteiger partial charge in [0.25, 0.3) is 0 Å². The van der Waals surface area contributed by atoms with E-state index in [0.29, 0.717) is 5.15 Å². The highest BCUT2D eigenvalue weighted by molar-refractivity contribution is 6.29. The Balaban J connectivity index is 1.97. The van der Waals surface area contributed by atoms with E-state index in [9.17, 15) is 0 Å². The van der Waals surface area contributed by atoms with Crippen LogP contribution in [0.3, 0.4) is 0 Å². The second-order valence-electron chi connectivity index (χ2n) is 4.21. The van der Waals surface area contributed by atoms with Gasteiger partial charge in [0.2, 0.25) is 0 Å². The molecule has 0 aliphatic rings. The molecule has 0 spiro atoms. The summed E-state index contributed by atoms with van der Waals surface area (Å²) in [5.74, 6) is 0. The second-order valence-corrected chi connectivity index (χ2v) is 4.60. The lowest BCUT2D eigenvalue weighted by Crippen LogP contribution is -1.87. The monoisotopic (exact) mass is 269 g/mol. The van der Waals surface area contributed by atoms with Gasteiger partial charge in [-0.05, 0) is 24.3 Å². The number of nitrogens with zero attached hydrogens (tertiary/aromatic N) is 4. The molecule has 4 aromatic heterocycles. The van der Waals surface area contributed by atoms with Crippen molar-refractivity contribution in [1.82, 2.24) is 24.6 Å². The Morgan fingerprint density at radius 1 is 1.16 bits per heavy atom. The Morgan fingerprint density at radius 3 is 3.05 bits per heavy atom. The Morgan fingerprint density at radius 2 is 2.11 bits per heavy atom. The van der Waals surface area contributed by atoms with Crippen LogP contribution in [0.5, 0.6) is 0 Å². The summed E-state index contributed by atoms with van der Waals surface area (Å²) in [5, 5.41) is 5.65. The van der Waals surface area contributed by atoms with E-state index in [1.165, 1.54) is 6.33 Å². The molecular weight excluding hydrogens is 262 g/mol. The van der Waals surface area contributed by atoms with E-state index in [-0.39, 0.29) is 0 Å². The molecule has 0 aliphatic heterocycles. The van der Waals surface area contributed by atoms with Gasteiger partial charge in [0.15, 0.2) is 5.65 Å². The van der Waals surface area contributed by atoms with Crippen molar-refractivity contribution in [3.8, 4) is 11.1 Å². The lowest BCUT2D eigenvalue weighted by atomic mass is 10.1. The van der Waals surface area contributed by atoms with Crippen molar-refractivity contribution in [2.45, 2.75) is 0 Å². The Bertz CT molecular complexity index is 892. The summed E-state index contributed by atoms with van der Waals surface area (Å²) in [7, 11) is 0. The summed E-state index contributed by atoms with van der Waals surface area (Å²) in [4.78, 5) is 11.5. The number of hydrogen-bond acceptors (Lipinski definition) is 3. The van der Waals surface area contributed by atoms with Crippen LogP contribution >= 0.6 is 11.6 Å². The van der Waals surface area contributed by atoms with Crippen LogP contribution in [-0.2, 0) is 0 Å². The topological polar surface area (TPSA) is 58.9 Å². The van der Waals surface area contributed by atoms with Crippen LogP contribution in [0.4, 0.5) is 0 Å². The number of pyridine rings is 2. The first-order valence-electron chi connectivity index (χ1n) is 5.75. The number of aromatic nitrogens is 5. The van der Waals surface area contributed by atoms with Crippen LogP contribution in [0, 0.1) is 0 Å². The zero-order valence-corrected chi connectivity index (χ0v) is 10.5.